The number of hydrogen-bond donors (Lipinski definition) is 0. The van der Waals surface area contributed by atoms with Gasteiger partial charge in [-0.2, -0.15) is 5.10 Å². The van der Waals surface area contributed by atoms with Gasteiger partial charge in [-0.05, 0) is 44.9 Å². The quantitative estimate of drug-likeness (QED) is 0.791. The van der Waals surface area contributed by atoms with Gasteiger partial charge in [0.05, 0.1) is 17.4 Å². The lowest BCUT2D eigenvalue weighted by Gasteiger charge is -2.18. The Morgan fingerprint density at radius 1 is 1.29 bits per heavy atom. The lowest BCUT2D eigenvalue weighted by Crippen LogP contribution is -2.21. The van der Waals surface area contributed by atoms with Crippen LogP contribution in [0.5, 0.6) is 0 Å². The van der Waals surface area contributed by atoms with E-state index in [0.717, 1.165) is 17.7 Å². The number of aromatic nitrogens is 3. The van der Waals surface area contributed by atoms with E-state index in [-0.39, 0.29) is 5.54 Å². The van der Waals surface area contributed by atoms with Crippen molar-refractivity contribution in [3.05, 3.63) is 36.3 Å². The summed E-state index contributed by atoms with van der Waals surface area (Å²) >= 11 is 0. The number of aryl methyl sites for hydroxylation is 1. The van der Waals surface area contributed by atoms with Crippen molar-refractivity contribution in [3.63, 3.8) is 0 Å². The topological polar surface area (TPSA) is 30.7 Å². The van der Waals surface area contributed by atoms with Gasteiger partial charge in [0.1, 0.15) is 0 Å². The van der Waals surface area contributed by atoms with Crippen LogP contribution < -0.4 is 0 Å². The molecule has 0 saturated heterocycles. The zero-order valence-corrected chi connectivity index (χ0v) is 10.9. The molecule has 0 amide bonds. The first-order valence-electron chi connectivity index (χ1n) is 6.01. The summed E-state index contributed by atoms with van der Waals surface area (Å²) in [5, 5.41) is 4.40. The highest BCUT2D eigenvalue weighted by molar-refractivity contribution is 5.57. The van der Waals surface area contributed by atoms with Crippen LogP contribution in [-0.2, 0) is 12.0 Å². The van der Waals surface area contributed by atoms with Crippen molar-refractivity contribution in [1.29, 1.82) is 0 Å². The van der Waals surface area contributed by atoms with Gasteiger partial charge in [-0.1, -0.05) is 6.92 Å². The minimum atomic E-state index is 0.0145. The maximum Gasteiger partial charge on any atom is 0.0736 e. The van der Waals surface area contributed by atoms with Gasteiger partial charge in [-0.3, -0.25) is 9.67 Å². The van der Waals surface area contributed by atoms with Crippen molar-refractivity contribution in [2.75, 3.05) is 0 Å². The van der Waals surface area contributed by atoms with Gasteiger partial charge in [-0.25, -0.2) is 0 Å². The van der Waals surface area contributed by atoms with E-state index in [1.807, 2.05) is 17.1 Å². The first-order chi connectivity index (χ1) is 8.00. The molecule has 0 N–H and O–H groups in total. The molecule has 2 aromatic rings. The zero-order valence-electron chi connectivity index (χ0n) is 10.9. The summed E-state index contributed by atoms with van der Waals surface area (Å²) in [6, 6.07) is 4.18. The maximum atomic E-state index is 4.40. The average Bonchev–Trinajstić information content (AvgIpc) is 2.78. The summed E-state index contributed by atoms with van der Waals surface area (Å²) in [5.41, 5.74) is 3.40. The third-order valence-corrected chi connectivity index (χ3v) is 2.80. The molecule has 0 aliphatic rings. The second-order valence-electron chi connectivity index (χ2n) is 5.25. The van der Waals surface area contributed by atoms with E-state index >= 15 is 0 Å². The van der Waals surface area contributed by atoms with Crippen molar-refractivity contribution >= 4 is 0 Å². The molecule has 0 unspecified atom stereocenters. The van der Waals surface area contributed by atoms with Crippen LogP contribution in [0.15, 0.2) is 30.7 Å². The monoisotopic (exact) mass is 229 g/mol. The van der Waals surface area contributed by atoms with E-state index in [1.165, 1.54) is 5.56 Å². The normalized spacial score (nSPS) is 11.8. The molecular formula is C14H19N3. The molecule has 0 spiro atoms. The molecule has 0 aromatic carbocycles. The Balaban J connectivity index is 2.37. The van der Waals surface area contributed by atoms with E-state index < -0.39 is 0 Å². The van der Waals surface area contributed by atoms with Gasteiger partial charge < -0.3 is 0 Å². The Morgan fingerprint density at radius 3 is 2.65 bits per heavy atom. The molecule has 0 fully saturated rings. The predicted molar refractivity (Wildman–Crippen MR) is 69.8 cm³/mol. The molecule has 0 saturated carbocycles. The first kappa shape index (κ1) is 11.8. The fourth-order valence-corrected chi connectivity index (χ4v) is 1.67. The number of nitrogens with zero attached hydrogens (tertiary/aromatic N) is 3. The number of hydrogen-bond acceptors (Lipinski definition) is 2. The van der Waals surface area contributed by atoms with Crippen LogP contribution in [0.25, 0.3) is 11.3 Å². The SMILES string of the molecule is CCc1ccnc(-c2cnn(C(C)(C)C)c2)c1. The van der Waals surface area contributed by atoms with Crippen LogP contribution in [0.2, 0.25) is 0 Å². The van der Waals surface area contributed by atoms with Crippen LogP contribution in [0, 0.1) is 0 Å². The van der Waals surface area contributed by atoms with Crippen molar-refractivity contribution in [3.8, 4) is 11.3 Å². The molecule has 0 bridgehead atoms. The van der Waals surface area contributed by atoms with E-state index in [9.17, 15) is 0 Å². The van der Waals surface area contributed by atoms with Gasteiger partial charge in [0.15, 0.2) is 0 Å². The van der Waals surface area contributed by atoms with Crippen LogP contribution in [0.3, 0.4) is 0 Å². The molecule has 2 rings (SSSR count). The highest BCUT2D eigenvalue weighted by Gasteiger charge is 2.14. The fourth-order valence-electron chi connectivity index (χ4n) is 1.67. The smallest absolute Gasteiger partial charge is 0.0736 e. The minimum Gasteiger partial charge on any atom is -0.267 e. The van der Waals surface area contributed by atoms with E-state index in [0.29, 0.717) is 0 Å². The second kappa shape index (κ2) is 4.32. The molecule has 17 heavy (non-hydrogen) atoms. The molecule has 0 aliphatic carbocycles. The molecular weight excluding hydrogens is 210 g/mol. The average molecular weight is 229 g/mol. The highest BCUT2D eigenvalue weighted by atomic mass is 15.3. The Bertz CT molecular complexity index is 506. The Morgan fingerprint density at radius 2 is 2.06 bits per heavy atom. The van der Waals surface area contributed by atoms with Crippen molar-refractivity contribution < 1.29 is 0 Å². The predicted octanol–water partition coefficient (Wildman–Crippen LogP) is 3.26. The van der Waals surface area contributed by atoms with E-state index in [4.69, 9.17) is 0 Å². The zero-order chi connectivity index (χ0) is 12.5. The van der Waals surface area contributed by atoms with Gasteiger partial charge in [0.2, 0.25) is 0 Å². The van der Waals surface area contributed by atoms with Crippen molar-refractivity contribution in [2.45, 2.75) is 39.7 Å². The lowest BCUT2D eigenvalue weighted by atomic mass is 10.1. The van der Waals surface area contributed by atoms with E-state index in [2.05, 4.69) is 56.1 Å². The maximum absolute atomic E-state index is 4.40. The third-order valence-electron chi connectivity index (χ3n) is 2.80. The molecule has 2 heterocycles. The summed E-state index contributed by atoms with van der Waals surface area (Å²) in [7, 11) is 0. The molecule has 2 aromatic heterocycles. The summed E-state index contributed by atoms with van der Waals surface area (Å²) < 4.78 is 1.97. The molecule has 90 valence electrons. The van der Waals surface area contributed by atoms with Crippen molar-refractivity contribution in [2.24, 2.45) is 0 Å². The summed E-state index contributed by atoms with van der Waals surface area (Å²) in [5.74, 6) is 0. The van der Waals surface area contributed by atoms with Crippen LogP contribution in [0.1, 0.15) is 33.3 Å². The molecule has 3 nitrogen and oxygen atoms in total. The van der Waals surface area contributed by atoms with Gasteiger partial charge in [0, 0.05) is 18.0 Å². The number of pyridine rings is 1. The van der Waals surface area contributed by atoms with Gasteiger partial charge >= 0.3 is 0 Å². The van der Waals surface area contributed by atoms with E-state index in [1.54, 1.807) is 0 Å². The van der Waals surface area contributed by atoms with Crippen LogP contribution in [-0.4, -0.2) is 14.8 Å². The minimum absolute atomic E-state index is 0.0145. The largest absolute Gasteiger partial charge is 0.267 e. The molecule has 0 radical (unpaired) electrons. The molecule has 3 heteroatoms. The second-order valence-corrected chi connectivity index (χ2v) is 5.25. The lowest BCUT2D eigenvalue weighted by molar-refractivity contribution is 0.355. The molecule has 0 atom stereocenters. The summed E-state index contributed by atoms with van der Waals surface area (Å²) in [4.78, 5) is 4.40. The van der Waals surface area contributed by atoms with Crippen LogP contribution in [0.4, 0.5) is 0 Å². The third kappa shape index (κ3) is 2.54. The Kier molecular flexibility index (Phi) is 3.01. The highest BCUT2D eigenvalue weighted by Crippen LogP contribution is 2.21. The standard InChI is InChI=1S/C14H19N3/c1-5-11-6-7-15-13(8-11)12-9-16-17(10-12)14(2,3)4/h6-10H,5H2,1-4H3. The Hall–Kier alpha value is -1.64. The summed E-state index contributed by atoms with van der Waals surface area (Å²) in [6.45, 7) is 8.57. The van der Waals surface area contributed by atoms with Crippen LogP contribution >= 0.6 is 0 Å². The fraction of sp³-hybridized carbons (Fsp3) is 0.429. The Labute approximate surface area is 103 Å². The number of rotatable bonds is 2. The van der Waals surface area contributed by atoms with Crippen molar-refractivity contribution in [1.82, 2.24) is 14.8 Å². The molecule has 0 aliphatic heterocycles. The van der Waals surface area contributed by atoms with Gasteiger partial charge in [-0.15, -0.1) is 0 Å². The first-order valence-corrected chi connectivity index (χ1v) is 6.01. The summed E-state index contributed by atoms with van der Waals surface area (Å²) in [6.07, 6.45) is 6.83. The van der Waals surface area contributed by atoms with Gasteiger partial charge in [0.25, 0.3) is 0 Å².